The lowest BCUT2D eigenvalue weighted by Crippen LogP contribution is -2.30. The lowest BCUT2D eigenvalue weighted by molar-refractivity contribution is 0.382. The highest BCUT2D eigenvalue weighted by Gasteiger charge is 2.17. The van der Waals surface area contributed by atoms with Gasteiger partial charge in [-0.15, -0.1) is 0 Å². The summed E-state index contributed by atoms with van der Waals surface area (Å²) in [6.45, 7) is 4.24. The van der Waals surface area contributed by atoms with Gasteiger partial charge in [0.1, 0.15) is 0 Å². The van der Waals surface area contributed by atoms with E-state index in [2.05, 4.69) is 42.5 Å². The first-order chi connectivity index (χ1) is 9.67. The van der Waals surface area contributed by atoms with Gasteiger partial charge in [0, 0.05) is 11.8 Å². The third-order valence-electron chi connectivity index (χ3n) is 3.62. The second-order valence-corrected chi connectivity index (χ2v) is 4.90. The molecule has 2 rings (SSSR count). The summed E-state index contributed by atoms with van der Waals surface area (Å²) in [7, 11) is 1.62. The van der Waals surface area contributed by atoms with Crippen LogP contribution in [0.2, 0.25) is 0 Å². The van der Waals surface area contributed by atoms with Crippen molar-refractivity contribution in [1.29, 1.82) is 0 Å². The Morgan fingerprint density at radius 2 is 1.90 bits per heavy atom. The van der Waals surface area contributed by atoms with Gasteiger partial charge in [-0.25, -0.2) is 4.98 Å². The fourth-order valence-corrected chi connectivity index (χ4v) is 2.47. The number of hydrogen-bond donors (Lipinski definition) is 2. The number of nitrogens with two attached hydrogens (primary N) is 1. The van der Waals surface area contributed by atoms with Crippen molar-refractivity contribution in [3.63, 3.8) is 0 Å². The predicted octanol–water partition coefficient (Wildman–Crippen LogP) is 2.45. The maximum atomic E-state index is 5.74. The number of hydrazine groups is 1. The Hall–Kier alpha value is -1.91. The zero-order chi connectivity index (χ0) is 14.5. The van der Waals surface area contributed by atoms with Crippen molar-refractivity contribution in [3.8, 4) is 5.88 Å². The zero-order valence-electron chi connectivity index (χ0n) is 12.2. The summed E-state index contributed by atoms with van der Waals surface area (Å²) >= 11 is 0. The van der Waals surface area contributed by atoms with Crippen LogP contribution in [0.3, 0.4) is 0 Å². The highest BCUT2D eigenvalue weighted by molar-refractivity contribution is 5.37. The number of rotatable bonds is 5. The molecule has 0 fully saturated rings. The summed E-state index contributed by atoms with van der Waals surface area (Å²) in [6, 6.07) is 10.2. The van der Waals surface area contributed by atoms with Gasteiger partial charge in [-0.2, -0.15) is 0 Å². The standard InChI is InChI=1S/C16H21N3O/c1-11-6-4-7-12(2)14(11)10-15(19-17)13-8-5-9-18-16(13)20-3/h4-9,15,19H,10,17H2,1-3H3. The van der Waals surface area contributed by atoms with E-state index in [0.717, 1.165) is 12.0 Å². The van der Waals surface area contributed by atoms with E-state index >= 15 is 0 Å². The van der Waals surface area contributed by atoms with Crippen molar-refractivity contribution >= 4 is 0 Å². The van der Waals surface area contributed by atoms with Crippen LogP contribution in [0.15, 0.2) is 36.5 Å². The summed E-state index contributed by atoms with van der Waals surface area (Å²) in [4.78, 5) is 4.23. The molecule has 4 nitrogen and oxygen atoms in total. The van der Waals surface area contributed by atoms with E-state index in [1.165, 1.54) is 16.7 Å². The van der Waals surface area contributed by atoms with Gasteiger partial charge in [0.2, 0.25) is 5.88 Å². The fraction of sp³-hybridized carbons (Fsp3) is 0.312. The van der Waals surface area contributed by atoms with Crippen molar-refractivity contribution in [3.05, 3.63) is 58.8 Å². The molecule has 20 heavy (non-hydrogen) atoms. The van der Waals surface area contributed by atoms with E-state index in [9.17, 15) is 0 Å². The van der Waals surface area contributed by atoms with Gasteiger partial charge >= 0.3 is 0 Å². The van der Waals surface area contributed by atoms with E-state index in [4.69, 9.17) is 10.6 Å². The highest BCUT2D eigenvalue weighted by Crippen LogP contribution is 2.27. The van der Waals surface area contributed by atoms with Crippen LogP contribution in [0.1, 0.15) is 28.3 Å². The zero-order valence-corrected chi connectivity index (χ0v) is 12.2. The first-order valence-electron chi connectivity index (χ1n) is 6.67. The average Bonchev–Trinajstić information content (AvgIpc) is 2.47. The molecular weight excluding hydrogens is 250 g/mol. The van der Waals surface area contributed by atoms with Crippen LogP contribution in [0, 0.1) is 13.8 Å². The summed E-state index contributed by atoms with van der Waals surface area (Å²) in [6.07, 6.45) is 2.52. The minimum atomic E-state index is -0.0292. The number of pyridine rings is 1. The van der Waals surface area contributed by atoms with Gasteiger partial charge < -0.3 is 4.74 Å². The first-order valence-corrected chi connectivity index (χ1v) is 6.67. The number of nitrogens with zero attached hydrogens (tertiary/aromatic N) is 1. The number of nitrogens with one attached hydrogen (secondary N) is 1. The van der Waals surface area contributed by atoms with Crippen LogP contribution in [-0.4, -0.2) is 12.1 Å². The Labute approximate surface area is 120 Å². The molecule has 1 unspecified atom stereocenters. The molecule has 0 aliphatic carbocycles. The Bertz CT molecular complexity index is 563. The average molecular weight is 271 g/mol. The van der Waals surface area contributed by atoms with Crippen molar-refractivity contribution < 1.29 is 4.74 Å². The van der Waals surface area contributed by atoms with Gasteiger partial charge in [-0.1, -0.05) is 24.3 Å². The number of benzene rings is 1. The van der Waals surface area contributed by atoms with Crippen LogP contribution in [0.4, 0.5) is 0 Å². The number of ether oxygens (including phenoxy) is 1. The van der Waals surface area contributed by atoms with Crippen molar-refractivity contribution in [2.75, 3.05) is 7.11 Å². The largest absolute Gasteiger partial charge is 0.481 e. The highest BCUT2D eigenvalue weighted by atomic mass is 16.5. The molecule has 0 radical (unpaired) electrons. The van der Waals surface area contributed by atoms with Gasteiger partial charge in [0.25, 0.3) is 0 Å². The number of aryl methyl sites for hydroxylation is 2. The van der Waals surface area contributed by atoms with Gasteiger partial charge in [-0.05, 0) is 43.0 Å². The molecule has 1 aromatic carbocycles. The maximum absolute atomic E-state index is 5.74. The third kappa shape index (κ3) is 2.98. The Morgan fingerprint density at radius 1 is 1.20 bits per heavy atom. The van der Waals surface area contributed by atoms with Gasteiger partial charge in [0.15, 0.2) is 0 Å². The quantitative estimate of drug-likeness (QED) is 0.648. The Morgan fingerprint density at radius 3 is 2.50 bits per heavy atom. The first kappa shape index (κ1) is 14.5. The van der Waals surface area contributed by atoms with E-state index < -0.39 is 0 Å². The molecule has 0 saturated carbocycles. The number of aromatic nitrogens is 1. The van der Waals surface area contributed by atoms with Gasteiger partial charge in [0.05, 0.1) is 13.2 Å². The van der Waals surface area contributed by atoms with Crippen molar-refractivity contribution in [2.45, 2.75) is 26.3 Å². The van der Waals surface area contributed by atoms with Crippen molar-refractivity contribution in [1.82, 2.24) is 10.4 Å². The van der Waals surface area contributed by atoms with E-state index in [0.29, 0.717) is 5.88 Å². The van der Waals surface area contributed by atoms with E-state index in [1.807, 2.05) is 12.1 Å². The lowest BCUT2D eigenvalue weighted by Gasteiger charge is -2.20. The summed E-state index contributed by atoms with van der Waals surface area (Å²) in [5, 5.41) is 0. The van der Waals surface area contributed by atoms with E-state index in [-0.39, 0.29) is 6.04 Å². The summed E-state index contributed by atoms with van der Waals surface area (Å²) in [5.74, 6) is 6.36. The molecule has 4 heteroatoms. The second-order valence-electron chi connectivity index (χ2n) is 4.90. The fourth-order valence-electron chi connectivity index (χ4n) is 2.47. The summed E-state index contributed by atoms with van der Waals surface area (Å²) in [5.41, 5.74) is 7.70. The van der Waals surface area contributed by atoms with Crippen LogP contribution >= 0.6 is 0 Å². The molecule has 0 aliphatic heterocycles. The SMILES string of the molecule is COc1ncccc1C(Cc1c(C)cccc1C)NN. The topological polar surface area (TPSA) is 60.2 Å². The normalized spacial score (nSPS) is 12.2. The molecule has 2 aromatic rings. The van der Waals surface area contributed by atoms with Crippen LogP contribution in [0.5, 0.6) is 5.88 Å². The molecule has 3 N–H and O–H groups in total. The number of hydrogen-bond acceptors (Lipinski definition) is 4. The van der Waals surface area contributed by atoms with E-state index in [1.54, 1.807) is 13.3 Å². The maximum Gasteiger partial charge on any atom is 0.217 e. The van der Waals surface area contributed by atoms with Crippen LogP contribution in [0.25, 0.3) is 0 Å². The third-order valence-corrected chi connectivity index (χ3v) is 3.62. The lowest BCUT2D eigenvalue weighted by atomic mass is 9.93. The predicted molar refractivity (Wildman–Crippen MR) is 80.5 cm³/mol. The molecule has 1 aromatic heterocycles. The molecule has 1 heterocycles. The minimum Gasteiger partial charge on any atom is -0.481 e. The molecule has 0 saturated heterocycles. The minimum absolute atomic E-state index is 0.0292. The molecular formula is C16H21N3O. The molecule has 0 aliphatic rings. The van der Waals surface area contributed by atoms with Gasteiger partial charge in [-0.3, -0.25) is 11.3 Å². The molecule has 0 bridgehead atoms. The Balaban J connectivity index is 2.34. The molecule has 0 amide bonds. The number of methoxy groups -OCH3 is 1. The molecule has 106 valence electrons. The smallest absolute Gasteiger partial charge is 0.217 e. The monoisotopic (exact) mass is 271 g/mol. The molecule has 1 atom stereocenters. The molecule has 0 spiro atoms. The van der Waals surface area contributed by atoms with Crippen molar-refractivity contribution in [2.24, 2.45) is 5.84 Å². The Kier molecular flexibility index (Phi) is 4.71. The summed E-state index contributed by atoms with van der Waals surface area (Å²) < 4.78 is 5.32. The van der Waals surface area contributed by atoms with Crippen LogP contribution in [-0.2, 0) is 6.42 Å². The van der Waals surface area contributed by atoms with Crippen LogP contribution < -0.4 is 16.0 Å². The second kappa shape index (κ2) is 6.50.